The Labute approximate surface area is 133 Å². The number of nitrogens with one attached hydrogen (secondary N) is 1. The molecule has 0 aromatic heterocycles. The summed E-state index contributed by atoms with van der Waals surface area (Å²) in [5.74, 6) is 2.84. The summed E-state index contributed by atoms with van der Waals surface area (Å²) in [5, 5.41) is 2.98. The van der Waals surface area contributed by atoms with E-state index in [1.807, 2.05) is 6.07 Å². The predicted molar refractivity (Wildman–Crippen MR) is 87.1 cm³/mol. The lowest BCUT2D eigenvalue weighted by Gasteiger charge is -2.15. The van der Waals surface area contributed by atoms with Crippen molar-refractivity contribution in [3.63, 3.8) is 0 Å². The Kier molecular flexibility index (Phi) is 6.10. The molecule has 0 saturated heterocycles. The van der Waals surface area contributed by atoms with Crippen LogP contribution in [0, 0.1) is 11.8 Å². The highest BCUT2D eigenvalue weighted by Crippen LogP contribution is 2.33. The van der Waals surface area contributed by atoms with Crippen LogP contribution < -0.4 is 14.8 Å². The summed E-state index contributed by atoms with van der Waals surface area (Å²) in [4.78, 5) is 11.8. The summed E-state index contributed by atoms with van der Waals surface area (Å²) in [7, 11) is 0. The molecule has 0 spiro atoms. The van der Waals surface area contributed by atoms with Crippen LogP contribution in [0.15, 0.2) is 18.2 Å². The Morgan fingerprint density at radius 3 is 2.77 bits per heavy atom. The smallest absolute Gasteiger partial charge is 0.231 e. The number of fused-ring (bicyclic) bond motifs is 1. The fraction of sp³-hybridized carbons (Fsp3) is 0.611. The van der Waals surface area contributed by atoms with Gasteiger partial charge in [0, 0.05) is 13.0 Å². The van der Waals surface area contributed by atoms with Gasteiger partial charge in [-0.1, -0.05) is 33.3 Å². The van der Waals surface area contributed by atoms with Crippen molar-refractivity contribution in [2.24, 2.45) is 11.8 Å². The van der Waals surface area contributed by atoms with E-state index in [-0.39, 0.29) is 5.91 Å². The minimum atomic E-state index is 0.165. The largest absolute Gasteiger partial charge is 0.454 e. The molecule has 1 N–H and O–H groups in total. The summed E-state index contributed by atoms with van der Waals surface area (Å²) in [6.07, 6.45) is 3.58. The highest BCUT2D eigenvalue weighted by molar-refractivity contribution is 5.75. The van der Waals surface area contributed by atoms with Gasteiger partial charge in [-0.25, -0.2) is 0 Å². The number of hydrogen-bond acceptors (Lipinski definition) is 3. The van der Waals surface area contributed by atoms with Gasteiger partial charge in [-0.2, -0.15) is 0 Å². The number of rotatable bonds is 8. The minimum absolute atomic E-state index is 0.165. The second kappa shape index (κ2) is 8.06. The van der Waals surface area contributed by atoms with Crippen LogP contribution >= 0.6 is 0 Å². The third-order valence-corrected chi connectivity index (χ3v) is 4.03. The number of hydrogen-bond donors (Lipinski definition) is 1. The molecule has 122 valence electrons. The fourth-order valence-electron chi connectivity index (χ4n) is 2.59. The third kappa shape index (κ3) is 4.93. The summed E-state index contributed by atoms with van der Waals surface area (Å²) >= 11 is 0. The molecule has 0 saturated carbocycles. The molecule has 1 atom stereocenters. The molecule has 1 aromatic carbocycles. The van der Waals surface area contributed by atoms with E-state index in [0.717, 1.165) is 37.3 Å². The Bertz CT molecular complexity index is 499. The molecule has 1 aliphatic heterocycles. The molecule has 1 aromatic rings. The van der Waals surface area contributed by atoms with Gasteiger partial charge in [-0.15, -0.1) is 0 Å². The number of carbonyl (C=O) groups excluding carboxylic acids is 1. The molecule has 1 unspecified atom stereocenters. The van der Waals surface area contributed by atoms with Crippen molar-refractivity contribution in [2.75, 3.05) is 13.3 Å². The van der Waals surface area contributed by atoms with Crippen molar-refractivity contribution in [2.45, 2.75) is 46.5 Å². The molecule has 0 bridgehead atoms. The van der Waals surface area contributed by atoms with Gasteiger partial charge < -0.3 is 14.8 Å². The van der Waals surface area contributed by atoms with Crippen LogP contribution in [-0.4, -0.2) is 19.2 Å². The van der Waals surface area contributed by atoms with Crippen molar-refractivity contribution < 1.29 is 14.3 Å². The minimum Gasteiger partial charge on any atom is -0.454 e. The molecule has 0 aliphatic carbocycles. The number of ether oxygens (including phenoxy) is 2. The monoisotopic (exact) mass is 305 g/mol. The number of carbonyl (C=O) groups is 1. The summed E-state index contributed by atoms with van der Waals surface area (Å²) in [5.41, 5.74) is 1.25. The topological polar surface area (TPSA) is 47.6 Å². The molecule has 22 heavy (non-hydrogen) atoms. The van der Waals surface area contributed by atoms with Crippen LogP contribution in [0.5, 0.6) is 11.5 Å². The molecular weight excluding hydrogens is 278 g/mol. The summed E-state index contributed by atoms with van der Waals surface area (Å²) in [6.45, 7) is 7.47. The van der Waals surface area contributed by atoms with Gasteiger partial charge in [-0.05, 0) is 42.4 Å². The quantitative estimate of drug-likeness (QED) is 0.799. The second-order valence-corrected chi connectivity index (χ2v) is 6.40. The molecule has 4 heteroatoms. The van der Waals surface area contributed by atoms with Crippen LogP contribution in [0.1, 0.15) is 45.6 Å². The van der Waals surface area contributed by atoms with Gasteiger partial charge in [0.15, 0.2) is 11.5 Å². The lowest BCUT2D eigenvalue weighted by atomic mass is 9.92. The van der Waals surface area contributed by atoms with E-state index in [4.69, 9.17) is 9.47 Å². The van der Waals surface area contributed by atoms with Gasteiger partial charge >= 0.3 is 0 Å². The third-order valence-electron chi connectivity index (χ3n) is 4.03. The van der Waals surface area contributed by atoms with E-state index in [1.54, 1.807) is 0 Å². The first-order valence-electron chi connectivity index (χ1n) is 8.23. The maximum absolute atomic E-state index is 11.8. The van der Waals surface area contributed by atoms with E-state index in [1.165, 1.54) is 5.56 Å². The van der Waals surface area contributed by atoms with Gasteiger partial charge in [0.1, 0.15) is 0 Å². The van der Waals surface area contributed by atoms with E-state index in [9.17, 15) is 4.79 Å². The first-order valence-corrected chi connectivity index (χ1v) is 8.23. The van der Waals surface area contributed by atoms with Crippen molar-refractivity contribution in [3.05, 3.63) is 23.8 Å². The zero-order valence-corrected chi connectivity index (χ0v) is 13.9. The van der Waals surface area contributed by atoms with E-state index >= 15 is 0 Å². The van der Waals surface area contributed by atoms with Crippen LogP contribution in [0.2, 0.25) is 0 Å². The normalized spacial score (nSPS) is 14.2. The summed E-state index contributed by atoms with van der Waals surface area (Å²) < 4.78 is 10.8. The average Bonchev–Trinajstić information content (AvgIpc) is 2.96. The predicted octanol–water partition coefficient (Wildman–Crippen LogP) is 3.54. The molecule has 1 heterocycles. The lowest BCUT2D eigenvalue weighted by molar-refractivity contribution is -0.121. The second-order valence-electron chi connectivity index (χ2n) is 6.40. The molecular formula is C18H27NO3. The molecule has 2 rings (SSSR count). The highest BCUT2D eigenvalue weighted by Gasteiger charge is 2.16. The van der Waals surface area contributed by atoms with E-state index < -0.39 is 0 Å². The zero-order valence-electron chi connectivity index (χ0n) is 13.9. The molecule has 0 fully saturated rings. The first kappa shape index (κ1) is 16.7. The Morgan fingerprint density at radius 1 is 1.27 bits per heavy atom. The average molecular weight is 305 g/mol. The Balaban J connectivity index is 1.80. The molecule has 4 nitrogen and oxygen atoms in total. The van der Waals surface area contributed by atoms with Gasteiger partial charge in [0.05, 0.1) is 0 Å². The molecule has 1 aliphatic rings. The van der Waals surface area contributed by atoms with Gasteiger partial charge in [-0.3, -0.25) is 4.79 Å². The highest BCUT2D eigenvalue weighted by atomic mass is 16.7. The van der Waals surface area contributed by atoms with Crippen molar-refractivity contribution in [1.29, 1.82) is 0 Å². The summed E-state index contributed by atoms with van der Waals surface area (Å²) in [6, 6.07) is 6.12. The van der Waals surface area contributed by atoms with Crippen molar-refractivity contribution in [3.8, 4) is 11.5 Å². The standard InChI is InChI=1S/C18H27NO3/c1-4-14(6-8-18(20)19-11-13(2)3)9-15-5-7-16-17(10-15)22-12-21-16/h5,7,10,13-14H,4,6,8-9,11-12H2,1-3H3,(H,19,20). The Morgan fingerprint density at radius 2 is 2.05 bits per heavy atom. The van der Waals surface area contributed by atoms with Crippen LogP contribution in [0.3, 0.4) is 0 Å². The number of benzene rings is 1. The zero-order chi connectivity index (χ0) is 15.9. The Hall–Kier alpha value is -1.71. The van der Waals surface area contributed by atoms with Crippen LogP contribution in [-0.2, 0) is 11.2 Å². The van der Waals surface area contributed by atoms with E-state index in [0.29, 0.717) is 25.0 Å². The molecule has 0 radical (unpaired) electrons. The SMILES string of the molecule is CCC(CCC(=O)NCC(C)C)Cc1ccc2c(c1)OCO2. The van der Waals surface area contributed by atoms with Crippen LogP contribution in [0.25, 0.3) is 0 Å². The van der Waals surface area contributed by atoms with Crippen LogP contribution in [0.4, 0.5) is 0 Å². The lowest BCUT2D eigenvalue weighted by Crippen LogP contribution is -2.27. The van der Waals surface area contributed by atoms with Gasteiger partial charge in [0.25, 0.3) is 0 Å². The van der Waals surface area contributed by atoms with Gasteiger partial charge in [0.2, 0.25) is 12.7 Å². The van der Waals surface area contributed by atoms with Crippen molar-refractivity contribution >= 4 is 5.91 Å². The van der Waals surface area contributed by atoms with Crippen molar-refractivity contribution in [1.82, 2.24) is 5.32 Å². The number of amides is 1. The first-order chi connectivity index (χ1) is 10.6. The maximum atomic E-state index is 11.8. The van der Waals surface area contributed by atoms with E-state index in [2.05, 4.69) is 38.2 Å². The maximum Gasteiger partial charge on any atom is 0.231 e. The fourth-order valence-corrected chi connectivity index (χ4v) is 2.59. The molecule has 1 amide bonds.